The molecule has 3 atom stereocenters. The number of aliphatic hydroxyl groups excluding tert-OH is 1. The van der Waals surface area contributed by atoms with Gasteiger partial charge in [0.25, 0.3) is 5.91 Å². The van der Waals surface area contributed by atoms with E-state index in [2.05, 4.69) is 41.8 Å². The van der Waals surface area contributed by atoms with Gasteiger partial charge in [-0.2, -0.15) is 0 Å². The largest absolute Gasteiger partial charge is 0.477 e. The van der Waals surface area contributed by atoms with Gasteiger partial charge in [-0.05, 0) is 36.6 Å². The van der Waals surface area contributed by atoms with Crippen LogP contribution in [0.25, 0.3) is 0 Å². The third-order valence-electron chi connectivity index (χ3n) is 7.70. The molecule has 4 N–H and O–H groups in total. The smallest absolute Gasteiger partial charge is 0.254 e. The monoisotopic (exact) mass is 421 g/mol. The molecule has 3 unspecified atom stereocenters. The Morgan fingerprint density at radius 1 is 1.26 bits per heavy atom. The zero-order valence-electron chi connectivity index (χ0n) is 18.3. The third-order valence-corrected chi connectivity index (χ3v) is 7.70. The van der Waals surface area contributed by atoms with E-state index in [9.17, 15) is 15.1 Å². The van der Waals surface area contributed by atoms with Crippen LogP contribution in [0.1, 0.15) is 55.4 Å². The van der Waals surface area contributed by atoms with Crippen molar-refractivity contribution in [1.29, 1.82) is 0 Å². The molecular formula is C24H27N3O4. The van der Waals surface area contributed by atoms with Crippen molar-refractivity contribution in [2.75, 3.05) is 7.05 Å². The summed E-state index contributed by atoms with van der Waals surface area (Å²) in [5.74, 6) is 0.244. The number of nitrogens with zero attached hydrogens (tertiary/aromatic N) is 1. The summed E-state index contributed by atoms with van der Waals surface area (Å²) in [6.07, 6.45) is 5.73. The lowest BCUT2D eigenvalue weighted by Crippen LogP contribution is -2.62. The standard InChI is InChI=1S/C24H27N3O4/c1-12-6-9-16-22(2,3)19(27-30)15(25-5)11-24(16)23(12,4)10-13-7-8-14-17(18(13)31-24)21(29)26-20(14)28/h6-9,11,21,25,29-30H,10H2,1-5H3,(H,26,28). The number of benzene rings is 1. The van der Waals surface area contributed by atoms with Gasteiger partial charge < -0.3 is 25.7 Å². The lowest BCUT2D eigenvalue weighted by Gasteiger charge is -2.58. The van der Waals surface area contributed by atoms with E-state index in [0.717, 1.165) is 11.1 Å². The number of amides is 1. The van der Waals surface area contributed by atoms with Gasteiger partial charge in [-0.3, -0.25) is 4.79 Å². The molecule has 7 nitrogen and oxygen atoms in total. The number of carbonyl (C=O) groups excluding carboxylic acids is 1. The number of nitrogens with one attached hydrogen (secondary N) is 2. The molecule has 162 valence electrons. The van der Waals surface area contributed by atoms with E-state index in [4.69, 9.17) is 4.74 Å². The van der Waals surface area contributed by atoms with Crippen molar-refractivity contribution in [3.05, 3.63) is 63.9 Å². The van der Waals surface area contributed by atoms with Crippen LogP contribution in [-0.4, -0.2) is 34.6 Å². The van der Waals surface area contributed by atoms with Crippen LogP contribution in [0.4, 0.5) is 0 Å². The Hall–Kier alpha value is -3.06. The lowest BCUT2D eigenvalue weighted by atomic mass is 9.51. The molecule has 0 aromatic heterocycles. The molecule has 5 rings (SSSR count). The van der Waals surface area contributed by atoms with Crippen LogP contribution in [0.5, 0.6) is 5.75 Å². The van der Waals surface area contributed by atoms with E-state index in [1.165, 1.54) is 5.57 Å². The first-order valence-corrected chi connectivity index (χ1v) is 10.5. The lowest BCUT2D eigenvalue weighted by molar-refractivity contribution is 0.00641. The summed E-state index contributed by atoms with van der Waals surface area (Å²) in [5, 5.41) is 29.8. The second kappa shape index (κ2) is 6.01. The van der Waals surface area contributed by atoms with Crippen molar-refractivity contribution in [2.45, 2.75) is 45.9 Å². The Kier molecular flexibility index (Phi) is 3.85. The van der Waals surface area contributed by atoms with Crippen LogP contribution in [-0.2, 0) is 6.42 Å². The highest BCUT2D eigenvalue weighted by molar-refractivity contribution is 6.07. The number of hydrogen-bond acceptors (Lipinski definition) is 6. The van der Waals surface area contributed by atoms with Crippen molar-refractivity contribution < 1.29 is 19.8 Å². The molecule has 31 heavy (non-hydrogen) atoms. The SMILES string of the molecule is CNC1=CC23Oc4c(ccc5c4C(O)NC5=O)CC2(C)C(C)=CC=C3C(C)(C)C1=NO. The Morgan fingerprint density at radius 3 is 2.68 bits per heavy atom. The molecule has 7 heteroatoms. The van der Waals surface area contributed by atoms with E-state index in [1.807, 2.05) is 26.0 Å². The minimum absolute atomic E-state index is 0.305. The van der Waals surface area contributed by atoms with E-state index >= 15 is 0 Å². The first kappa shape index (κ1) is 19.9. The fourth-order valence-corrected chi connectivity index (χ4v) is 5.78. The molecule has 1 amide bonds. The van der Waals surface area contributed by atoms with Crippen LogP contribution in [0.3, 0.4) is 0 Å². The van der Waals surface area contributed by atoms with Gasteiger partial charge >= 0.3 is 0 Å². The van der Waals surface area contributed by atoms with Crippen LogP contribution in [0.15, 0.2) is 52.4 Å². The maximum absolute atomic E-state index is 12.3. The zero-order valence-corrected chi connectivity index (χ0v) is 18.3. The molecule has 2 heterocycles. The average Bonchev–Trinajstić information content (AvgIpc) is 3.00. The fourth-order valence-electron chi connectivity index (χ4n) is 5.78. The van der Waals surface area contributed by atoms with Crippen LogP contribution < -0.4 is 15.4 Å². The van der Waals surface area contributed by atoms with Gasteiger partial charge in [0.2, 0.25) is 0 Å². The number of allylic oxidation sites excluding steroid dienone is 3. The summed E-state index contributed by atoms with van der Waals surface area (Å²) in [7, 11) is 1.79. The van der Waals surface area contributed by atoms with Crippen LogP contribution >= 0.6 is 0 Å². The first-order chi connectivity index (χ1) is 14.6. The zero-order chi connectivity index (χ0) is 22.3. The fraction of sp³-hybridized carbons (Fsp3) is 0.417. The Labute approximate surface area is 181 Å². The van der Waals surface area contributed by atoms with Crippen molar-refractivity contribution in [3.63, 3.8) is 0 Å². The van der Waals surface area contributed by atoms with Crippen molar-refractivity contribution >= 4 is 11.6 Å². The predicted molar refractivity (Wildman–Crippen MR) is 116 cm³/mol. The number of fused-ring (bicyclic) bond motifs is 3. The topological polar surface area (TPSA) is 103 Å². The molecule has 1 spiro atoms. The van der Waals surface area contributed by atoms with Crippen molar-refractivity contribution in [1.82, 2.24) is 10.6 Å². The van der Waals surface area contributed by atoms with Crippen LogP contribution in [0, 0.1) is 10.8 Å². The van der Waals surface area contributed by atoms with Gasteiger partial charge in [-0.15, -0.1) is 0 Å². The molecule has 1 aromatic rings. The highest BCUT2D eigenvalue weighted by atomic mass is 16.5. The molecular weight excluding hydrogens is 394 g/mol. The second-order valence-electron chi connectivity index (χ2n) is 9.55. The highest BCUT2D eigenvalue weighted by Gasteiger charge is 2.63. The first-order valence-electron chi connectivity index (χ1n) is 10.5. The third kappa shape index (κ3) is 2.22. The number of aliphatic hydroxyl groups is 1. The summed E-state index contributed by atoms with van der Waals surface area (Å²) >= 11 is 0. The predicted octanol–water partition coefficient (Wildman–Crippen LogP) is 2.96. The van der Waals surface area contributed by atoms with Gasteiger partial charge in [0, 0.05) is 17.9 Å². The Morgan fingerprint density at radius 2 is 2.00 bits per heavy atom. The molecule has 0 radical (unpaired) electrons. The Balaban J connectivity index is 1.84. The second-order valence-corrected chi connectivity index (χ2v) is 9.55. The molecule has 1 aromatic carbocycles. The number of hydrogen-bond donors (Lipinski definition) is 4. The summed E-state index contributed by atoms with van der Waals surface area (Å²) in [6, 6.07) is 3.69. The molecule has 0 saturated carbocycles. The number of carbonyl (C=O) groups is 1. The molecule has 0 fully saturated rings. The highest BCUT2D eigenvalue weighted by Crippen LogP contribution is 2.61. The summed E-state index contributed by atoms with van der Waals surface area (Å²) in [5.41, 5.74) is 3.32. The summed E-state index contributed by atoms with van der Waals surface area (Å²) in [4.78, 5) is 12.3. The average molecular weight is 421 g/mol. The minimum atomic E-state index is -1.11. The van der Waals surface area contributed by atoms with Crippen molar-refractivity contribution in [2.24, 2.45) is 16.0 Å². The van der Waals surface area contributed by atoms with Gasteiger partial charge in [0.15, 0.2) is 11.8 Å². The number of rotatable bonds is 1. The maximum atomic E-state index is 12.3. The van der Waals surface area contributed by atoms with E-state index < -0.39 is 22.7 Å². The van der Waals surface area contributed by atoms with E-state index in [0.29, 0.717) is 34.7 Å². The van der Waals surface area contributed by atoms with E-state index in [-0.39, 0.29) is 5.91 Å². The maximum Gasteiger partial charge on any atom is 0.254 e. The molecule has 0 bridgehead atoms. The molecule has 0 saturated heterocycles. The normalized spacial score (nSPS) is 33.6. The number of ether oxygens (including phenoxy) is 1. The van der Waals surface area contributed by atoms with Gasteiger partial charge in [0.1, 0.15) is 11.5 Å². The minimum Gasteiger partial charge on any atom is -0.477 e. The van der Waals surface area contributed by atoms with E-state index in [1.54, 1.807) is 13.1 Å². The number of oxime groups is 1. The molecule has 2 aliphatic carbocycles. The van der Waals surface area contributed by atoms with Crippen LogP contribution in [0.2, 0.25) is 0 Å². The quantitative estimate of drug-likeness (QED) is 0.412. The van der Waals surface area contributed by atoms with Gasteiger partial charge in [0.05, 0.1) is 16.8 Å². The van der Waals surface area contributed by atoms with Gasteiger partial charge in [-0.25, -0.2) is 0 Å². The Bertz CT molecular complexity index is 1160. The van der Waals surface area contributed by atoms with Crippen molar-refractivity contribution in [3.8, 4) is 5.75 Å². The molecule has 2 aliphatic heterocycles. The summed E-state index contributed by atoms with van der Waals surface area (Å²) < 4.78 is 6.91. The molecule has 4 aliphatic rings. The van der Waals surface area contributed by atoms with Gasteiger partial charge in [-0.1, -0.05) is 49.7 Å². The summed E-state index contributed by atoms with van der Waals surface area (Å²) in [6.45, 7) is 8.32.